The molecule has 2 rings (SSSR count). The lowest BCUT2D eigenvalue weighted by molar-refractivity contribution is 0.0527. The number of pyridine rings is 1. The van der Waals surface area contributed by atoms with Crippen LogP contribution in [0.25, 0.3) is 5.82 Å². The average Bonchev–Trinajstić information content (AvgIpc) is 2.91. The molecule has 2 N–H and O–H groups in total. The van der Waals surface area contributed by atoms with E-state index in [4.69, 9.17) is 10.5 Å². The molecule has 6 nitrogen and oxygen atoms in total. The van der Waals surface area contributed by atoms with E-state index in [1.807, 2.05) is 13.0 Å². The monoisotopic (exact) mass is 288 g/mol. The maximum atomic E-state index is 11.9. The molecular weight excluding hydrogens is 268 g/mol. The number of aromatic nitrogens is 3. The van der Waals surface area contributed by atoms with Crippen molar-refractivity contribution in [3.8, 4) is 5.82 Å². The number of esters is 1. The molecule has 0 bridgehead atoms. The van der Waals surface area contributed by atoms with Crippen molar-refractivity contribution in [2.24, 2.45) is 0 Å². The van der Waals surface area contributed by atoms with E-state index in [2.05, 4.69) is 17.0 Å². The zero-order valence-electron chi connectivity index (χ0n) is 12.6. The lowest BCUT2D eigenvalue weighted by Crippen LogP contribution is -2.11. The average molecular weight is 288 g/mol. The third kappa shape index (κ3) is 3.04. The number of hydrogen-bond donors (Lipinski definition) is 1. The van der Waals surface area contributed by atoms with E-state index in [0.717, 1.165) is 24.2 Å². The van der Waals surface area contributed by atoms with Gasteiger partial charge in [0.15, 0.2) is 5.82 Å². The minimum Gasteiger partial charge on any atom is -0.462 e. The van der Waals surface area contributed by atoms with E-state index in [1.165, 1.54) is 6.20 Å². The highest BCUT2D eigenvalue weighted by Crippen LogP contribution is 2.18. The number of rotatable bonds is 5. The van der Waals surface area contributed by atoms with Gasteiger partial charge in [-0.2, -0.15) is 5.10 Å². The first-order chi connectivity index (χ1) is 10.1. The molecular formula is C15H20N4O2. The van der Waals surface area contributed by atoms with Crippen LogP contribution in [-0.4, -0.2) is 27.3 Å². The number of carbonyl (C=O) groups is 1. The fourth-order valence-electron chi connectivity index (χ4n) is 2.05. The van der Waals surface area contributed by atoms with Crippen molar-refractivity contribution in [2.75, 3.05) is 12.3 Å². The molecule has 0 unspecified atom stereocenters. The van der Waals surface area contributed by atoms with Crippen LogP contribution in [0.1, 0.15) is 42.5 Å². The highest BCUT2D eigenvalue weighted by molar-refractivity contribution is 5.95. The van der Waals surface area contributed by atoms with Crippen LogP contribution in [-0.2, 0) is 17.6 Å². The molecule has 112 valence electrons. The lowest BCUT2D eigenvalue weighted by atomic mass is 10.2. The smallest absolute Gasteiger partial charge is 0.340 e. The van der Waals surface area contributed by atoms with E-state index in [0.29, 0.717) is 23.7 Å². The molecule has 0 aromatic carbocycles. The van der Waals surface area contributed by atoms with Crippen LogP contribution < -0.4 is 5.73 Å². The first-order valence-corrected chi connectivity index (χ1v) is 7.11. The Morgan fingerprint density at radius 3 is 2.67 bits per heavy atom. The van der Waals surface area contributed by atoms with E-state index in [9.17, 15) is 4.79 Å². The number of carbonyl (C=O) groups excluding carboxylic acids is 1. The molecule has 0 spiro atoms. The summed E-state index contributed by atoms with van der Waals surface area (Å²) in [6, 6.07) is 3.67. The van der Waals surface area contributed by atoms with Crippen LogP contribution in [0.3, 0.4) is 0 Å². The zero-order chi connectivity index (χ0) is 15.4. The van der Waals surface area contributed by atoms with E-state index >= 15 is 0 Å². The minimum atomic E-state index is -0.445. The lowest BCUT2D eigenvalue weighted by Gasteiger charge is -2.09. The summed E-state index contributed by atoms with van der Waals surface area (Å²) in [5.74, 6) is 0.128. The molecule has 0 saturated heterocycles. The van der Waals surface area contributed by atoms with Gasteiger partial charge in [-0.05, 0) is 31.9 Å². The Balaban J connectivity index is 2.47. The molecule has 6 heteroatoms. The Hall–Kier alpha value is -2.37. The molecule has 0 amide bonds. The van der Waals surface area contributed by atoms with Gasteiger partial charge in [-0.15, -0.1) is 0 Å². The molecule has 0 atom stereocenters. The Labute approximate surface area is 123 Å². The number of ether oxygens (including phenoxy) is 1. The largest absolute Gasteiger partial charge is 0.462 e. The number of nitrogens with two attached hydrogens (primary N) is 1. The van der Waals surface area contributed by atoms with E-state index in [1.54, 1.807) is 17.7 Å². The third-order valence-corrected chi connectivity index (χ3v) is 3.19. The predicted molar refractivity (Wildman–Crippen MR) is 80.5 cm³/mol. The van der Waals surface area contributed by atoms with Gasteiger partial charge in [0.05, 0.1) is 29.7 Å². The van der Waals surface area contributed by atoms with Gasteiger partial charge in [0.2, 0.25) is 0 Å². The summed E-state index contributed by atoms with van der Waals surface area (Å²) in [6.45, 7) is 6.16. The fourth-order valence-corrected chi connectivity index (χ4v) is 2.05. The van der Waals surface area contributed by atoms with Gasteiger partial charge in [0.1, 0.15) is 0 Å². The second kappa shape index (κ2) is 6.39. The van der Waals surface area contributed by atoms with Gasteiger partial charge in [-0.1, -0.05) is 13.8 Å². The molecule has 0 aliphatic heterocycles. The van der Waals surface area contributed by atoms with E-state index < -0.39 is 5.97 Å². The topological polar surface area (TPSA) is 83.0 Å². The van der Waals surface area contributed by atoms with Crippen molar-refractivity contribution in [3.05, 3.63) is 35.3 Å². The van der Waals surface area contributed by atoms with Crippen molar-refractivity contribution in [1.29, 1.82) is 0 Å². The van der Waals surface area contributed by atoms with Gasteiger partial charge in [-0.3, -0.25) is 0 Å². The Kier molecular flexibility index (Phi) is 4.57. The molecule has 21 heavy (non-hydrogen) atoms. The normalized spacial score (nSPS) is 10.6. The molecule has 2 heterocycles. The van der Waals surface area contributed by atoms with Crippen molar-refractivity contribution in [1.82, 2.24) is 14.8 Å². The van der Waals surface area contributed by atoms with Crippen molar-refractivity contribution < 1.29 is 9.53 Å². The summed E-state index contributed by atoms with van der Waals surface area (Å²) in [5, 5.41) is 4.51. The van der Waals surface area contributed by atoms with Gasteiger partial charge in [0.25, 0.3) is 0 Å². The molecule has 0 aliphatic carbocycles. The highest BCUT2D eigenvalue weighted by Gasteiger charge is 2.15. The van der Waals surface area contributed by atoms with Gasteiger partial charge in [-0.25, -0.2) is 14.5 Å². The van der Waals surface area contributed by atoms with Crippen LogP contribution in [0.5, 0.6) is 0 Å². The molecule has 2 aromatic rings. The zero-order valence-corrected chi connectivity index (χ0v) is 12.6. The fraction of sp³-hybridized carbons (Fsp3) is 0.400. The number of hydrogen-bond acceptors (Lipinski definition) is 5. The highest BCUT2D eigenvalue weighted by atomic mass is 16.5. The molecule has 0 saturated carbocycles. The number of nitrogens with zero attached hydrogens (tertiary/aromatic N) is 3. The van der Waals surface area contributed by atoms with Crippen LogP contribution in [0.2, 0.25) is 0 Å². The summed E-state index contributed by atoms with van der Waals surface area (Å²) in [4.78, 5) is 16.2. The maximum absolute atomic E-state index is 11.9. The molecule has 0 fully saturated rings. The van der Waals surface area contributed by atoms with E-state index in [-0.39, 0.29) is 0 Å². The second-order valence-electron chi connectivity index (χ2n) is 4.60. The predicted octanol–water partition coefficient (Wildman–Crippen LogP) is 2.15. The Morgan fingerprint density at radius 2 is 2.05 bits per heavy atom. The summed E-state index contributed by atoms with van der Waals surface area (Å²) < 4.78 is 6.76. The van der Waals surface area contributed by atoms with Gasteiger partial charge < -0.3 is 10.5 Å². The molecule has 0 aliphatic rings. The Morgan fingerprint density at radius 1 is 1.29 bits per heavy atom. The quantitative estimate of drug-likeness (QED) is 0.852. The summed E-state index contributed by atoms with van der Waals surface area (Å²) in [6.07, 6.45) is 3.14. The minimum absolute atomic E-state index is 0.303. The number of anilines is 1. The molecule has 0 radical (unpaired) electrons. The number of aryl methyl sites for hydroxylation is 2. The first-order valence-electron chi connectivity index (χ1n) is 7.11. The summed E-state index contributed by atoms with van der Waals surface area (Å²) in [5.41, 5.74) is 8.46. The van der Waals surface area contributed by atoms with Gasteiger partial charge >= 0.3 is 5.97 Å². The third-order valence-electron chi connectivity index (χ3n) is 3.19. The summed E-state index contributed by atoms with van der Waals surface area (Å²) >= 11 is 0. The molecule has 2 aromatic heterocycles. The van der Waals surface area contributed by atoms with Crippen molar-refractivity contribution >= 4 is 11.7 Å². The SMILES string of the molecule is CCOC(=O)c1cc(-n2nc(CC)cc2CC)ncc1N. The number of nitrogen functional groups attached to an aromatic ring is 1. The van der Waals surface area contributed by atoms with Crippen LogP contribution in [0.15, 0.2) is 18.3 Å². The maximum Gasteiger partial charge on any atom is 0.340 e. The second-order valence-corrected chi connectivity index (χ2v) is 4.60. The Bertz CT molecular complexity index is 649. The summed E-state index contributed by atoms with van der Waals surface area (Å²) in [7, 11) is 0. The van der Waals surface area contributed by atoms with Crippen LogP contribution >= 0.6 is 0 Å². The first kappa shape index (κ1) is 15.0. The van der Waals surface area contributed by atoms with Gasteiger partial charge in [0, 0.05) is 5.69 Å². The standard InChI is InChI=1S/C15H20N4O2/c1-4-10-7-11(5-2)19(18-10)14-8-12(13(16)9-17-14)15(20)21-6-3/h7-9H,4-6,16H2,1-3H3. The van der Waals surface area contributed by atoms with Crippen LogP contribution in [0, 0.1) is 0 Å². The van der Waals surface area contributed by atoms with Crippen molar-refractivity contribution in [2.45, 2.75) is 33.6 Å². The van der Waals surface area contributed by atoms with Crippen LogP contribution in [0.4, 0.5) is 5.69 Å². The van der Waals surface area contributed by atoms with Crippen molar-refractivity contribution in [3.63, 3.8) is 0 Å².